The van der Waals surface area contributed by atoms with Crippen LogP contribution in [0.3, 0.4) is 0 Å². The number of carbonyl (C=O) groups excluding carboxylic acids is 2. The topological polar surface area (TPSA) is 61.4 Å². The summed E-state index contributed by atoms with van der Waals surface area (Å²) in [6.45, 7) is 1.51. The van der Waals surface area contributed by atoms with Crippen LogP contribution in [-0.4, -0.2) is 47.5 Å². The molecule has 2 atom stereocenters. The van der Waals surface area contributed by atoms with Gasteiger partial charge < -0.3 is 15.5 Å². The largest absolute Gasteiger partial charge is 0.352 e. The first kappa shape index (κ1) is 19.5. The number of nitrogens with one attached hydrogen (secondary N) is 2. The van der Waals surface area contributed by atoms with Gasteiger partial charge in [-0.1, -0.05) is 30.7 Å². The van der Waals surface area contributed by atoms with Gasteiger partial charge in [-0.15, -0.1) is 24.2 Å². The van der Waals surface area contributed by atoms with Crippen molar-refractivity contribution in [3.63, 3.8) is 0 Å². The fraction of sp³-hybridized carbons (Fsp3) is 0.579. The van der Waals surface area contributed by atoms with E-state index in [1.54, 1.807) is 16.7 Å². The number of benzene rings is 1. The second kappa shape index (κ2) is 8.63. The Bertz CT molecular complexity index is 668. The number of carbonyl (C=O) groups is 2. The lowest BCUT2D eigenvalue weighted by Crippen LogP contribution is -2.51. The standard InChI is InChI=1S/C19H25N3O2S.ClH/c23-18(17-11-25-12-22(17)19(24)14-5-3-6-14)21-10-16-15-7-2-1-4-13(15)8-9-20-16;/h1-2,4,7,14,16-17,20H,3,5-6,8-12H2,(H,21,23);1H. The summed E-state index contributed by atoms with van der Waals surface area (Å²) >= 11 is 1.68. The molecule has 1 aliphatic carbocycles. The third-order valence-corrected chi connectivity index (χ3v) is 6.63. The van der Waals surface area contributed by atoms with E-state index in [9.17, 15) is 9.59 Å². The fourth-order valence-corrected chi connectivity index (χ4v) is 5.03. The highest BCUT2D eigenvalue weighted by atomic mass is 35.5. The third-order valence-electron chi connectivity index (χ3n) is 5.62. The molecule has 4 rings (SSSR count). The van der Waals surface area contributed by atoms with E-state index < -0.39 is 0 Å². The summed E-state index contributed by atoms with van der Waals surface area (Å²) in [6, 6.07) is 8.26. The van der Waals surface area contributed by atoms with Crippen molar-refractivity contribution in [3.05, 3.63) is 35.4 Å². The van der Waals surface area contributed by atoms with E-state index in [0.29, 0.717) is 18.2 Å². The van der Waals surface area contributed by atoms with Gasteiger partial charge in [0.1, 0.15) is 6.04 Å². The van der Waals surface area contributed by atoms with Gasteiger partial charge in [-0.05, 0) is 36.9 Å². The number of hydrogen-bond acceptors (Lipinski definition) is 4. The highest BCUT2D eigenvalue weighted by Crippen LogP contribution is 2.32. The molecule has 5 nitrogen and oxygen atoms in total. The number of halogens is 1. The Hall–Kier alpha value is -1.24. The highest BCUT2D eigenvalue weighted by molar-refractivity contribution is 7.99. The number of amides is 2. The Morgan fingerprint density at radius 2 is 2.08 bits per heavy atom. The lowest BCUT2D eigenvalue weighted by atomic mass is 9.84. The normalized spacial score (nSPS) is 25.0. The first-order valence-corrected chi connectivity index (χ1v) is 10.4. The quantitative estimate of drug-likeness (QED) is 0.819. The number of rotatable bonds is 4. The van der Waals surface area contributed by atoms with Crippen LogP contribution in [0.1, 0.15) is 36.4 Å². The van der Waals surface area contributed by atoms with Gasteiger partial charge in [-0.2, -0.15) is 0 Å². The molecule has 0 bridgehead atoms. The van der Waals surface area contributed by atoms with Gasteiger partial charge in [0.05, 0.1) is 5.88 Å². The molecule has 1 aromatic carbocycles. The Kier molecular flexibility index (Phi) is 6.48. The Morgan fingerprint density at radius 1 is 1.27 bits per heavy atom. The molecular weight excluding hydrogens is 370 g/mol. The zero-order valence-corrected chi connectivity index (χ0v) is 16.4. The molecule has 2 aliphatic heterocycles. The Labute approximate surface area is 165 Å². The molecule has 0 radical (unpaired) electrons. The second-order valence-electron chi connectivity index (χ2n) is 7.15. The molecule has 2 fully saturated rings. The lowest BCUT2D eigenvalue weighted by Gasteiger charge is -2.32. The molecule has 0 aromatic heterocycles. The first-order chi connectivity index (χ1) is 12.2. The molecule has 7 heteroatoms. The van der Waals surface area contributed by atoms with Crippen LogP contribution < -0.4 is 10.6 Å². The van der Waals surface area contributed by atoms with Crippen LogP contribution in [0.25, 0.3) is 0 Å². The van der Waals surface area contributed by atoms with Crippen LogP contribution in [0.5, 0.6) is 0 Å². The summed E-state index contributed by atoms with van der Waals surface area (Å²) < 4.78 is 0. The smallest absolute Gasteiger partial charge is 0.243 e. The zero-order chi connectivity index (χ0) is 17.2. The van der Waals surface area contributed by atoms with Crippen LogP contribution in [0.4, 0.5) is 0 Å². The SMILES string of the molecule is Cl.O=C(NCC1NCCc2ccccc21)C1CSCN1C(=O)C1CCC1. The summed E-state index contributed by atoms with van der Waals surface area (Å²) in [5, 5.41) is 6.58. The van der Waals surface area contributed by atoms with Crippen molar-refractivity contribution in [1.82, 2.24) is 15.5 Å². The van der Waals surface area contributed by atoms with Crippen molar-refractivity contribution in [2.45, 2.75) is 37.8 Å². The lowest BCUT2D eigenvalue weighted by molar-refractivity contribution is -0.143. The van der Waals surface area contributed by atoms with Gasteiger partial charge in [-0.3, -0.25) is 9.59 Å². The van der Waals surface area contributed by atoms with Gasteiger partial charge in [0, 0.05) is 24.3 Å². The molecule has 2 N–H and O–H groups in total. The summed E-state index contributed by atoms with van der Waals surface area (Å²) in [4.78, 5) is 27.0. The second-order valence-corrected chi connectivity index (χ2v) is 8.15. The maximum atomic E-state index is 12.7. The van der Waals surface area contributed by atoms with E-state index in [-0.39, 0.29) is 42.2 Å². The van der Waals surface area contributed by atoms with Crippen molar-refractivity contribution < 1.29 is 9.59 Å². The minimum atomic E-state index is -0.308. The van der Waals surface area contributed by atoms with Gasteiger partial charge in [0.25, 0.3) is 0 Å². The van der Waals surface area contributed by atoms with Crippen molar-refractivity contribution in [1.29, 1.82) is 0 Å². The number of thioether (sulfide) groups is 1. The van der Waals surface area contributed by atoms with Crippen LogP contribution >= 0.6 is 24.2 Å². The van der Waals surface area contributed by atoms with Gasteiger partial charge in [0.15, 0.2) is 0 Å². The molecule has 1 saturated heterocycles. The summed E-state index contributed by atoms with van der Waals surface area (Å²) in [7, 11) is 0. The molecule has 0 spiro atoms. The van der Waals surface area contributed by atoms with Crippen LogP contribution in [0.15, 0.2) is 24.3 Å². The van der Waals surface area contributed by atoms with Crippen molar-refractivity contribution in [2.24, 2.45) is 5.92 Å². The number of nitrogens with zero attached hydrogens (tertiary/aromatic N) is 1. The van der Waals surface area contributed by atoms with Crippen LogP contribution in [-0.2, 0) is 16.0 Å². The summed E-state index contributed by atoms with van der Waals surface area (Å²) in [5.74, 6) is 1.68. The molecule has 26 heavy (non-hydrogen) atoms. The average molecular weight is 396 g/mol. The van der Waals surface area contributed by atoms with E-state index in [4.69, 9.17) is 0 Å². The van der Waals surface area contributed by atoms with E-state index in [1.165, 1.54) is 11.1 Å². The third kappa shape index (κ3) is 3.87. The van der Waals surface area contributed by atoms with Gasteiger partial charge in [-0.25, -0.2) is 0 Å². The van der Waals surface area contributed by atoms with Crippen molar-refractivity contribution in [2.75, 3.05) is 24.7 Å². The predicted molar refractivity (Wildman–Crippen MR) is 106 cm³/mol. The molecule has 1 saturated carbocycles. The average Bonchev–Trinajstić information content (AvgIpc) is 3.08. The number of fused-ring (bicyclic) bond motifs is 1. The van der Waals surface area contributed by atoms with Crippen molar-refractivity contribution in [3.8, 4) is 0 Å². The fourth-order valence-electron chi connectivity index (χ4n) is 3.86. The van der Waals surface area contributed by atoms with Gasteiger partial charge >= 0.3 is 0 Å². The maximum Gasteiger partial charge on any atom is 0.243 e. The molecule has 2 amide bonds. The van der Waals surface area contributed by atoms with E-state index in [2.05, 4.69) is 28.8 Å². The molecule has 142 valence electrons. The minimum absolute atomic E-state index is 0. The molecular formula is C19H26ClN3O2S. The number of hydrogen-bond donors (Lipinski definition) is 2. The highest BCUT2D eigenvalue weighted by Gasteiger charge is 2.39. The van der Waals surface area contributed by atoms with Crippen LogP contribution in [0, 0.1) is 5.92 Å². The first-order valence-electron chi connectivity index (χ1n) is 9.21. The van der Waals surface area contributed by atoms with Gasteiger partial charge in [0.2, 0.25) is 11.8 Å². The predicted octanol–water partition coefficient (Wildman–Crippen LogP) is 2.11. The van der Waals surface area contributed by atoms with Crippen LogP contribution in [0.2, 0.25) is 0 Å². The maximum absolute atomic E-state index is 12.7. The minimum Gasteiger partial charge on any atom is -0.352 e. The molecule has 1 aromatic rings. The molecule has 2 heterocycles. The van der Waals surface area contributed by atoms with Crippen molar-refractivity contribution >= 4 is 36.0 Å². The van der Waals surface area contributed by atoms with E-state index in [1.807, 2.05) is 6.07 Å². The van der Waals surface area contributed by atoms with E-state index in [0.717, 1.165) is 32.2 Å². The molecule has 3 aliphatic rings. The van der Waals surface area contributed by atoms with E-state index >= 15 is 0 Å². The summed E-state index contributed by atoms with van der Waals surface area (Å²) in [6.07, 6.45) is 4.14. The Balaban J connectivity index is 0.00000196. The monoisotopic (exact) mass is 395 g/mol. The molecule has 2 unspecified atom stereocenters. The summed E-state index contributed by atoms with van der Waals surface area (Å²) in [5.41, 5.74) is 2.64. The Morgan fingerprint density at radius 3 is 2.85 bits per heavy atom. The zero-order valence-electron chi connectivity index (χ0n) is 14.8.